The second-order valence-electron chi connectivity index (χ2n) is 17.4. The van der Waals surface area contributed by atoms with Gasteiger partial charge in [0.1, 0.15) is 25.1 Å². The Balaban J connectivity index is 0.000000540. The molecule has 2 aliphatic rings. The minimum absolute atomic E-state index is 0. The first-order valence-corrected chi connectivity index (χ1v) is 39.1. The number of methoxy groups -OCH3 is 6. The van der Waals surface area contributed by atoms with Crippen LogP contribution in [0.25, 0.3) is 0 Å². The molecule has 485 valence electrons. The molecule has 0 bridgehead atoms. The van der Waals surface area contributed by atoms with E-state index in [0.29, 0.717) is 59.1 Å². The van der Waals surface area contributed by atoms with Crippen molar-refractivity contribution in [1.29, 1.82) is 0 Å². The average molecular weight is 1660 g/mol. The van der Waals surface area contributed by atoms with Gasteiger partial charge in [0, 0.05) is 54.2 Å². The maximum atomic E-state index is 14.7. The first-order chi connectivity index (χ1) is 40.5. The van der Waals surface area contributed by atoms with E-state index < -0.39 is 70.9 Å². The summed E-state index contributed by atoms with van der Waals surface area (Å²) in [5.41, 5.74) is -1.82. The smallest absolute Gasteiger partial charge is 0.0785 e. The molecule has 30 nitrogen and oxygen atoms in total. The van der Waals surface area contributed by atoms with Crippen LogP contribution in [0.2, 0.25) is 0 Å². The number of aromatic nitrogens is 6. The molecule has 2 amide bonds. The molecular formula is C49H63F3I3N12O18P2V-. The number of phosphoric acid groups is 2. The van der Waals surface area contributed by atoms with Crippen molar-refractivity contribution in [2.75, 3.05) is 94.3 Å². The minimum Gasteiger partial charge on any atom is -0.255 e. The predicted octanol–water partition coefficient (Wildman–Crippen LogP) is 6.82. The van der Waals surface area contributed by atoms with Crippen molar-refractivity contribution < 1.29 is 132 Å². The van der Waals surface area contributed by atoms with Crippen LogP contribution >= 0.6 is 52.9 Å². The molecule has 1 radical (unpaired) electrons. The van der Waals surface area contributed by atoms with E-state index in [1.165, 1.54) is 94.6 Å². The molecule has 0 spiro atoms. The number of nitrogens with one attached hydrogen (secondary N) is 4. The molecule has 39 heteroatoms. The van der Waals surface area contributed by atoms with E-state index in [1.54, 1.807) is 24.3 Å². The molecule has 0 aliphatic carbocycles. The number of fused-ring (bicyclic) bond motifs is 2. The number of rotatable bonds is 20. The summed E-state index contributed by atoms with van der Waals surface area (Å²) in [5, 5.41) is 11.3. The second-order valence-corrected chi connectivity index (χ2v) is 36.1. The summed E-state index contributed by atoms with van der Waals surface area (Å²) in [6.07, 6.45) is 1.87. The van der Waals surface area contributed by atoms with E-state index in [1.807, 2.05) is 0 Å². The van der Waals surface area contributed by atoms with Gasteiger partial charge in [-0.05, 0) is 52.0 Å². The number of carbonyl (C=O) groups is 2. The molecule has 2 aliphatic heterocycles. The van der Waals surface area contributed by atoms with Crippen molar-refractivity contribution in [3.05, 3.63) is 72.6 Å². The van der Waals surface area contributed by atoms with Crippen molar-refractivity contribution in [3.8, 4) is 46.0 Å². The van der Waals surface area contributed by atoms with Gasteiger partial charge in [0.05, 0.1) is 63.6 Å². The van der Waals surface area contributed by atoms with Crippen LogP contribution < -0.4 is 82.2 Å². The van der Waals surface area contributed by atoms with Gasteiger partial charge in [0.25, 0.3) is 11.8 Å². The number of anilines is 10. The largest absolute Gasteiger partial charge is 0.255 e. The minimum atomic E-state index is -4.91. The van der Waals surface area contributed by atoms with Gasteiger partial charge in [-0.25, -0.2) is 37.8 Å². The van der Waals surface area contributed by atoms with E-state index in [4.69, 9.17) is 58.8 Å². The number of hydrogen-bond donors (Lipinski definition) is 8. The van der Waals surface area contributed by atoms with E-state index in [-0.39, 0.29) is 91.7 Å². The fourth-order valence-corrected chi connectivity index (χ4v) is 7.91. The number of carbonyl (C=O) groups excluding carboxylic acids is 2. The number of amides is 2. The van der Waals surface area contributed by atoms with Crippen LogP contribution in [0.15, 0.2) is 60.9 Å². The molecular weight excluding hydrogens is 1600 g/mol. The average Bonchev–Trinajstić information content (AvgIpc) is 1.99. The number of phosphoric ester groups is 2. The molecule has 8 rings (SSSR count). The van der Waals surface area contributed by atoms with E-state index in [2.05, 4.69) is 97.5 Å². The van der Waals surface area contributed by atoms with Gasteiger partial charge in [0.2, 0.25) is 23.4 Å². The molecule has 88 heavy (non-hydrogen) atoms. The first kappa shape index (κ1) is 76.5. The van der Waals surface area contributed by atoms with E-state index in [0.717, 1.165) is 22.2 Å². The molecule has 2 aromatic carbocycles. The molecule has 6 aromatic rings. The van der Waals surface area contributed by atoms with Crippen LogP contribution in [0.1, 0.15) is 43.9 Å². The zero-order valence-electron chi connectivity index (χ0n) is 47.6. The zero-order chi connectivity index (χ0) is 63.9. The normalized spacial score (nSPS) is 13.4. The Kier molecular flexibility index (Phi) is 29.9. The van der Waals surface area contributed by atoms with Crippen molar-refractivity contribution in [2.45, 2.75) is 53.8 Å². The third kappa shape index (κ3) is 20.6. The van der Waals surface area contributed by atoms with Crippen molar-refractivity contribution in [3.63, 3.8) is 0 Å². The van der Waals surface area contributed by atoms with Crippen LogP contribution in [0.5, 0.6) is 46.0 Å². The molecule has 8 N–H and O–H groups in total. The number of hydrogen-bond acceptors (Lipinski definition) is 24. The van der Waals surface area contributed by atoms with Crippen LogP contribution in [0.3, 0.4) is 0 Å². The summed E-state index contributed by atoms with van der Waals surface area (Å²) in [7, 11) is -2.04. The monoisotopic (exact) mass is 1660 g/mol. The van der Waals surface area contributed by atoms with Gasteiger partial charge in [-0.15, -0.1) is 0 Å². The third-order valence-electron chi connectivity index (χ3n) is 11.0. The Hall–Kier alpha value is -5.78. The third-order valence-corrected chi connectivity index (χ3v) is 11.9. The van der Waals surface area contributed by atoms with Crippen LogP contribution in [-0.4, -0.2) is 136 Å². The molecule has 0 saturated carbocycles. The zero-order valence-corrected chi connectivity index (χ0v) is 56.2. The van der Waals surface area contributed by atoms with Crippen molar-refractivity contribution in [2.24, 2.45) is 0 Å². The summed E-state index contributed by atoms with van der Waals surface area (Å²) in [6, 6.07) is 12.2. The fraction of sp³-hybridized carbons (Fsp3) is 0.347. The SMILES string of the molecule is C.C.COc1cc(Nc2ncc(F)c(Nc3ccc4c(n3)N(COP(=O)(O)O)C(=O)C(C)(C)O4)n2)cc(OC)c1OC.COc1cc(Nc2ncc(F)c(Nc3ccc4c(n3)N(COP(=O)(O)O)C(=O)C(C)(C)O4)n2)cc(OC)c1OC.I[I-]I.[2H]CF.[V]. The maximum absolute atomic E-state index is 14.7. The van der Waals surface area contributed by atoms with Crippen LogP contribution in [0, 0.1) is 11.6 Å². The Bertz CT molecular complexity index is 3220. The number of pyridine rings is 2. The Morgan fingerprint density at radius 2 is 0.909 bits per heavy atom. The van der Waals surface area contributed by atoms with Gasteiger partial charge < -0.3 is 78.7 Å². The Labute approximate surface area is 546 Å². The first-order valence-electron chi connectivity index (χ1n) is 24.1. The summed E-state index contributed by atoms with van der Waals surface area (Å²) >= 11 is 5.30. The van der Waals surface area contributed by atoms with Gasteiger partial charge in [0.15, 0.2) is 80.6 Å². The second kappa shape index (κ2) is 34.4. The van der Waals surface area contributed by atoms with E-state index >= 15 is 0 Å². The maximum Gasteiger partial charge on any atom is 0.0785 e. The van der Waals surface area contributed by atoms with E-state index in [9.17, 15) is 31.9 Å². The van der Waals surface area contributed by atoms with Gasteiger partial charge in [-0.3, -0.25) is 32.8 Å². The summed E-state index contributed by atoms with van der Waals surface area (Å²) < 4.78 is 120. The summed E-state index contributed by atoms with van der Waals surface area (Å²) in [6.45, 7) is 4.32. The Morgan fingerprint density at radius 1 is 0.602 bits per heavy atom. The molecule has 0 fully saturated rings. The number of alkyl halides is 1. The summed E-state index contributed by atoms with van der Waals surface area (Å²) in [5.74, 6) is -1.10. The molecule has 0 saturated heterocycles. The fourth-order valence-electron chi connectivity index (χ4n) is 7.38. The number of ether oxygens (including phenoxy) is 8. The standard InChI is InChI=1S/2C23H26FN6O9P.CH3F.2CH4.I3.V/c2*1-23(2)21(31)30(11-38-40(32,33)34)20-14(39-23)6-7-17(28-20)27-19-13(24)10-25-22(29-19)26-12-8-15(35-3)18(37-5)16(9-12)36-4;1-2;;;1-3-2;/h2*6-10H,11H2,1-5H3,(H2,32,33,34)(H2,25,26,27,28,29);1H3;2*1H4;;/q;;;;;-1;/i;;1D;;;;. The van der Waals surface area contributed by atoms with Gasteiger partial charge in [-0.1, -0.05) is 14.9 Å². The molecule has 0 unspecified atom stereocenters. The molecule has 6 heterocycles. The number of halogens is 6. The number of nitrogens with zero attached hydrogens (tertiary/aromatic N) is 8. The Morgan fingerprint density at radius 3 is 1.18 bits per heavy atom. The molecule has 0 atom stereocenters. The topological polar surface area (TPSA) is 373 Å². The quantitative estimate of drug-likeness (QED) is 0.0287. The summed E-state index contributed by atoms with van der Waals surface area (Å²) in [4.78, 5) is 88.8. The van der Waals surface area contributed by atoms with Gasteiger partial charge in [-0.2, -0.15) is 9.97 Å². The van der Waals surface area contributed by atoms with Crippen molar-refractivity contribution in [1.82, 2.24) is 29.9 Å². The van der Waals surface area contributed by atoms with Crippen LogP contribution in [-0.2, 0) is 46.3 Å². The van der Waals surface area contributed by atoms with Crippen LogP contribution in [0.4, 0.5) is 71.3 Å². The van der Waals surface area contributed by atoms with Gasteiger partial charge >= 0.3 is 66.1 Å². The van der Waals surface area contributed by atoms with Crippen molar-refractivity contribution >= 4 is 123 Å². The molecule has 4 aromatic heterocycles. The predicted molar refractivity (Wildman–Crippen MR) is 327 cm³/mol. The number of benzene rings is 2.